The maximum atomic E-state index is 12.7. The number of carbonyl (C=O) groups is 4. The van der Waals surface area contributed by atoms with E-state index in [2.05, 4.69) is 10.6 Å². The van der Waals surface area contributed by atoms with E-state index < -0.39 is 29.7 Å². The summed E-state index contributed by atoms with van der Waals surface area (Å²) in [6, 6.07) is -0.832. The van der Waals surface area contributed by atoms with E-state index in [9.17, 15) is 19.2 Å². The summed E-state index contributed by atoms with van der Waals surface area (Å²) >= 11 is 0. The predicted molar refractivity (Wildman–Crippen MR) is 102 cm³/mol. The zero-order chi connectivity index (χ0) is 21.6. The summed E-state index contributed by atoms with van der Waals surface area (Å²) in [7, 11) is 1.56. The predicted octanol–water partition coefficient (Wildman–Crippen LogP) is 0.0812. The van der Waals surface area contributed by atoms with Crippen LogP contribution in [0.2, 0.25) is 0 Å². The highest BCUT2D eigenvalue weighted by Crippen LogP contribution is 2.16. The van der Waals surface area contributed by atoms with Gasteiger partial charge >= 0.3 is 6.09 Å². The second-order valence-electron chi connectivity index (χ2n) is 7.00. The zero-order valence-electron chi connectivity index (χ0n) is 17.4. The van der Waals surface area contributed by atoms with E-state index >= 15 is 0 Å². The van der Waals surface area contributed by atoms with Gasteiger partial charge in [-0.25, -0.2) is 4.79 Å². The van der Waals surface area contributed by atoms with E-state index in [1.165, 1.54) is 0 Å². The number of Topliss-reactive ketones (excluding diaryl/α,β-unsaturated/α-hetero) is 2. The van der Waals surface area contributed by atoms with Gasteiger partial charge in [-0.15, -0.1) is 0 Å². The molecule has 0 spiro atoms. The maximum Gasteiger partial charge on any atom is 0.407 e. The zero-order valence-corrected chi connectivity index (χ0v) is 17.4. The molecule has 0 bridgehead atoms. The van der Waals surface area contributed by atoms with Gasteiger partial charge in [-0.05, 0) is 12.3 Å². The van der Waals surface area contributed by atoms with E-state index in [0.717, 1.165) is 0 Å². The van der Waals surface area contributed by atoms with Gasteiger partial charge in [0, 0.05) is 32.6 Å². The van der Waals surface area contributed by atoms with Crippen LogP contribution < -0.4 is 10.6 Å². The monoisotopic (exact) mass is 416 g/mol. The molecule has 29 heavy (non-hydrogen) atoms. The summed E-state index contributed by atoms with van der Waals surface area (Å²) in [5.41, 5.74) is 0. The molecule has 2 N–H and O–H groups in total. The highest BCUT2D eigenvalue weighted by molar-refractivity contribution is 6.37. The van der Waals surface area contributed by atoms with Crippen LogP contribution in [0.3, 0.4) is 0 Å². The topological polar surface area (TPSA) is 129 Å². The average molecular weight is 416 g/mol. The molecule has 1 heterocycles. The van der Waals surface area contributed by atoms with Gasteiger partial charge < -0.3 is 29.6 Å². The number of hydrogen-bond acceptors (Lipinski definition) is 8. The van der Waals surface area contributed by atoms with E-state index in [1.54, 1.807) is 21.0 Å². The molecule has 2 amide bonds. The van der Waals surface area contributed by atoms with E-state index in [0.29, 0.717) is 19.8 Å². The van der Waals surface area contributed by atoms with Gasteiger partial charge in [0.15, 0.2) is 5.78 Å². The number of hydrogen-bond donors (Lipinski definition) is 2. The number of rotatable bonds is 11. The summed E-state index contributed by atoms with van der Waals surface area (Å²) in [6.07, 6.45) is -0.625. The van der Waals surface area contributed by atoms with Crippen LogP contribution in [-0.2, 0) is 33.3 Å². The number of alkyl carbamates (subject to hydrolysis) is 1. The first-order chi connectivity index (χ1) is 13.9. The molecule has 0 aliphatic carbocycles. The van der Waals surface area contributed by atoms with Crippen LogP contribution in [0, 0.1) is 11.8 Å². The maximum absolute atomic E-state index is 12.7. The fourth-order valence-electron chi connectivity index (χ4n) is 2.76. The van der Waals surface area contributed by atoms with Gasteiger partial charge in [0.05, 0.1) is 32.5 Å². The highest BCUT2D eigenvalue weighted by Gasteiger charge is 2.32. The third-order valence-corrected chi connectivity index (χ3v) is 4.36. The molecule has 1 fully saturated rings. The van der Waals surface area contributed by atoms with Gasteiger partial charge in [0.25, 0.3) is 5.91 Å². The lowest BCUT2D eigenvalue weighted by Crippen LogP contribution is -2.46. The lowest BCUT2D eigenvalue weighted by molar-refractivity contribution is -0.141. The molecular weight excluding hydrogens is 384 g/mol. The minimum atomic E-state index is -0.832. The first-order valence-corrected chi connectivity index (χ1v) is 9.79. The molecule has 1 aliphatic heterocycles. The molecule has 2 unspecified atom stereocenters. The Bertz CT molecular complexity index is 552. The van der Waals surface area contributed by atoms with Crippen molar-refractivity contribution in [3.63, 3.8) is 0 Å². The summed E-state index contributed by atoms with van der Waals surface area (Å²) in [5, 5.41) is 5.01. The lowest BCUT2D eigenvalue weighted by Gasteiger charge is -2.23. The van der Waals surface area contributed by atoms with Crippen LogP contribution in [0.25, 0.3) is 0 Å². The molecule has 10 nitrogen and oxygen atoms in total. The van der Waals surface area contributed by atoms with Gasteiger partial charge in [0.1, 0.15) is 6.61 Å². The second kappa shape index (κ2) is 14.0. The van der Waals surface area contributed by atoms with Crippen molar-refractivity contribution in [1.29, 1.82) is 0 Å². The quantitative estimate of drug-likeness (QED) is 0.358. The fourth-order valence-corrected chi connectivity index (χ4v) is 2.76. The largest absolute Gasteiger partial charge is 0.447 e. The standard InChI is InChI=1S/C19H32N2O8/c1-13(2)16(21-19(25)29-11-10-28-9-8-26-3)15(22)12-14-4-6-27-7-5-20-18(24)17(14)23/h13-14,16H,4-12H2,1-3H3,(H,20,24)(H,21,25). The van der Waals surface area contributed by atoms with E-state index in [-0.39, 0.29) is 50.9 Å². The number of methoxy groups -OCH3 is 1. The summed E-state index contributed by atoms with van der Waals surface area (Å²) < 4.78 is 20.4. The summed E-state index contributed by atoms with van der Waals surface area (Å²) in [6.45, 7) is 5.48. The van der Waals surface area contributed by atoms with Gasteiger partial charge in [-0.1, -0.05) is 13.8 Å². The van der Waals surface area contributed by atoms with Gasteiger partial charge in [0.2, 0.25) is 5.78 Å². The average Bonchev–Trinajstić information content (AvgIpc) is 2.75. The molecule has 0 radical (unpaired) electrons. The second-order valence-corrected chi connectivity index (χ2v) is 7.00. The summed E-state index contributed by atoms with van der Waals surface area (Å²) in [4.78, 5) is 48.9. The van der Waals surface area contributed by atoms with Crippen LogP contribution in [0.5, 0.6) is 0 Å². The van der Waals surface area contributed by atoms with Crippen LogP contribution in [0.4, 0.5) is 4.79 Å². The number of carbonyl (C=O) groups excluding carboxylic acids is 4. The molecule has 10 heteroatoms. The smallest absolute Gasteiger partial charge is 0.407 e. The van der Waals surface area contributed by atoms with Crippen molar-refractivity contribution in [1.82, 2.24) is 10.6 Å². The van der Waals surface area contributed by atoms with Crippen LogP contribution in [0.1, 0.15) is 26.7 Å². The Kier molecular flexibility index (Phi) is 12.1. The Balaban J connectivity index is 2.56. The molecule has 0 aromatic carbocycles. The number of nitrogens with one attached hydrogen (secondary N) is 2. The Morgan fingerprint density at radius 3 is 2.59 bits per heavy atom. The minimum absolute atomic E-state index is 0.0349. The third kappa shape index (κ3) is 9.82. The van der Waals surface area contributed by atoms with E-state index in [1.807, 2.05) is 0 Å². The van der Waals surface area contributed by atoms with Gasteiger partial charge in [-0.3, -0.25) is 14.4 Å². The number of ether oxygens (including phenoxy) is 4. The van der Waals surface area contributed by atoms with Crippen LogP contribution in [-0.4, -0.2) is 82.9 Å². The molecule has 1 aliphatic rings. The fraction of sp³-hybridized carbons (Fsp3) is 0.789. The normalized spacial score (nSPS) is 19.0. The van der Waals surface area contributed by atoms with Crippen molar-refractivity contribution in [2.24, 2.45) is 11.8 Å². The first-order valence-electron chi connectivity index (χ1n) is 9.79. The lowest BCUT2D eigenvalue weighted by atomic mass is 9.88. The van der Waals surface area contributed by atoms with Crippen LogP contribution >= 0.6 is 0 Å². The molecule has 1 saturated heterocycles. The van der Waals surface area contributed by atoms with E-state index in [4.69, 9.17) is 18.9 Å². The Morgan fingerprint density at radius 1 is 1.17 bits per heavy atom. The molecular formula is C19H32N2O8. The van der Waals surface area contributed by atoms with Crippen LogP contribution in [0.15, 0.2) is 0 Å². The molecule has 0 saturated carbocycles. The Labute approximate surface area is 171 Å². The molecule has 0 aromatic heterocycles. The number of ketones is 2. The molecule has 166 valence electrons. The molecule has 0 aromatic rings. The van der Waals surface area contributed by atoms with Crippen molar-refractivity contribution >= 4 is 23.6 Å². The SMILES string of the molecule is COCCOCCOC(=O)NC(C(=O)CC1CCOCCNC(=O)C1=O)C(C)C. The van der Waals surface area contributed by atoms with Crippen molar-refractivity contribution in [3.05, 3.63) is 0 Å². The molecule has 1 rings (SSSR count). The Morgan fingerprint density at radius 2 is 1.90 bits per heavy atom. The summed E-state index contributed by atoms with van der Waals surface area (Å²) in [5.74, 6) is -2.69. The third-order valence-electron chi connectivity index (χ3n) is 4.36. The van der Waals surface area contributed by atoms with Crippen molar-refractivity contribution in [3.8, 4) is 0 Å². The van der Waals surface area contributed by atoms with Gasteiger partial charge in [-0.2, -0.15) is 0 Å². The first kappa shape index (κ1) is 25.0. The number of amides is 2. The highest BCUT2D eigenvalue weighted by atomic mass is 16.6. The Hall–Kier alpha value is -2.04. The van der Waals surface area contributed by atoms with Crippen molar-refractivity contribution in [2.75, 3.05) is 53.3 Å². The van der Waals surface area contributed by atoms with Crippen molar-refractivity contribution in [2.45, 2.75) is 32.7 Å². The van der Waals surface area contributed by atoms with Crippen molar-refractivity contribution < 1.29 is 38.1 Å². The minimum Gasteiger partial charge on any atom is -0.447 e. The molecule has 2 atom stereocenters.